The van der Waals surface area contributed by atoms with Gasteiger partial charge in [0.25, 0.3) is 0 Å². The van der Waals surface area contributed by atoms with Crippen molar-refractivity contribution < 1.29 is 38.9 Å². The van der Waals surface area contributed by atoms with E-state index in [1.165, 1.54) is 0 Å². The molecule has 8 heteroatoms. The molecule has 0 aromatic rings. The van der Waals surface area contributed by atoms with Gasteiger partial charge in [-0.25, -0.2) is 0 Å². The van der Waals surface area contributed by atoms with Crippen molar-refractivity contribution in [2.45, 2.75) is 67.2 Å². The lowest BCUT2D eigenvalue weighted by atomic mass is 9.66. The SMILES string of the molecule is CC1(C)[C@@H](C(=O)OCCOC(=O)[C@H]2CC[C@@](C)(C(=O)O)C2(C)C)CC[C@@]1(C)C(=O)O. The number of rotatable bonds is 7. The van der Waals surface area contributed by atoms with Crippen LogP contribution in [0.2, 0.25) is 0 Å². The van der Waals surface area contributed by atoms with Crippen molar-refractivity contribution in [3.05, 3.63) is 0 Å². The van der Waals surface area contributed by atoms with Gasteiger partial charge in [-0.15, -0.1) is 0 Å². The molecule has 0 aliphatic heterocycles. The number of ether oxygens (including phenoxy) is 2. The van der Waals surface area contributed by atoms with Crippen LogP contribution >= 0.6 is 0 Å². The molecule has 8 nitrogen and oxygen atoms in total. The highest BCUT2D eigenvalue weighted by molar-refractivity contribution is 5.81. The zero-order valence-electron chi connectivity index (χ0n) is 18.7. The van der Waals surface area contributed by atoms with Gasteiger partial charge in [0.2, 0.25) is 0 Å². The smallest absolute Gasteiger partial charge is 0.309 e. The lowest BCUT2D eigenvalue weighted by Gasteiger charge is -2.37. The first-order valence-electron chi connectivity index (χ1n) is 10.4. The molecule has 2 fully saturated rings. The van der Waals surface area contributed by atoms with Crippen molar-refractivity contribution >= 4 is 23.9 Å². The molecule has 0 spiro atoms. The van der Waals surface area contributed by atoms with Crippen molar-refractivity contribution in [2.24, 2.45) is 33.5 Å². The number of carboxylic acids is 2. The van der Waals surface area contributed by atoms with Gasteiger partial charge in [-0.3, -0.25) is 19.2 Å². The van der Waals surface area contributed by atoms with Crippen LogP contribution in [0.4, 0.5) is 0 Å². The van der Waals surface area contributed by atoms with Gasteiger partial charge >= 0.3 is 23.9 Å². The number of esters is 2. The Balaban J connectivity index is 1.87. The normalized spacial score (nSPS) is 34.3. The van der Waals surface area contributed by atoms with Crippen LogP contribution in [0.5, 0.6) is 0 Å². The predicted octanol–water partition coefficient (Wildman–Crippen LogP) is 3.13. The van der Waals surface area contributed by atoms with Crippen LogP contribution in [-0.4, -0.2) is 47.3 Å². The van der Waals surface area contributed by atoms with Gasteiger partial charge in [-0.2, -0.15) is 0 Å². The maximum absolute atomic E-state index is 12.5. The highest BCUT2D eigenvalue weighted by Gasteiger charge is 2.60. The summed E-state index contributed by atoms with van der Waals surface area (Å²) in [7, 11) is 0. The molecule has 0 aromatic carbocycles. The van der Waals surface area contributed by atoms with E-state index in [1.807, 2.05) is 0 Å². The second-order valence-electron chi connectivity index (χ2n) is 10.2. The second-order valence-corrected chi connectivity index (χ2v) is 10.2. The molecule has 0 radical (unpaired) electrons. The van der Waals surface area contributed by atoms with Gasteiger partial charge in [0.1, 0.15) is 13.2 Å². The molecular formula is C22H34O8. The third kappa shape index (κ3) is 3.58. The molecule has 0 heterocycles. The van der Waals surface area contributed by atoms with Crippen molar-refractivity contribution in [3.8, 4) is 0 Å². The summed E-state index contributed by atoms with van der Waals surface area (Å²) in [6.07, 6.45) is 1.64. The highest BCUT2D eigenvalue weighted by Crippen LogP contribution is 2.57. The first-order chi connectivity index (χ1) is 13.6. The molecule has 2 N–H and O–H groups in total. The van der Waals surface area contributed by atoms with E-state index in [0.29, 0.717) is 25.7 Å². The molecule has 2 saturated carbocycles. The Morgan fingerprint density at radius 3 is 1.23 bits per heavy atom. The minimum atomic E-state index is -1.01. The van der Waals surface area contributed by atoms with E-state index in [2.05, 4.69) is 0 Å². The van der Waals surface area contributed by atoms with Crippen LogP contribution < -0.4 is 0 Å². The second kappa shape index (κ2) is 7.85. The average Bonchev–Trinajstić information content (AvgIpc) is 3.02. The predicted molar refractivity (Wildman–Crippen MR) is 106 cm³/mol. The number of aliphatic carboxylic acids is 2. The zero-order chi connectivity index (χ0) is 23.1. The number of hydrogen-bond donors (Lipinski definition) is 2. The molecule has 2 rings (SSSR count). The molecule has 0 unspecified atom stereocenters. The lowest BCUT2D eigenvalue weighted by molar-refractivity contribution is -0.167. The zero-order valence-corrected chi connectivity index (χ0v) is 18.7. The summed E-state index contributed by atoms with van der Waals surface area (Å²) in [6.45, 7) is 10.1. The van der Waals surface area contributed by atoms with E-state index < -0.39 is 57.4 Å². The van der Waals surface area contributed by atoms with E-state index >= 15 is 0 Å². The summed E-state index contributed by atoms with van der Waals surface area (Å²) in [5.41, 5.74) is -3.54. The molecule has 0 bridgehead atoms. The fraction of sp³-hybridized carbons (Fsp3) is 0.818. The summed E-state index contributed by atoms with van der Waals surface area (Å²) >= 11 is 0. The molecule has 2 aliphatic carbocycles. The standard InChI is InChI=1S/C22H34O8/c1-19(2)13(7-9-21(19,5)17(25)26)15(23)29-11-12-30-16(24)14-8-10-22(6,18(27)28)20(14,3)4/h13-14H,7-12H2,1-6H3,(H,25,26)(H,27,28)/t13-,14-,21+,22+/m1/s1. The molecular weight excluding hydrogens is 392 g/mol. The molecule has 0 amide bonds. The summed E-state index contributed by atoms with van der Waals surface area (Å²) in [4.78, 5) is 48.4. The Hall–Kier alpha value is -2.12. The Labute approximate surface area is 177 Å². The lowest BCUT2D eigenvalue weighted by Crippen LogP contribution is -2.43. The fourth-order valence-electron chi connectivity index (χ4n) is 5.08. The van der Waals surface area contributed by atoms with Crippen molar-refractivity contribution in [2.75, 3.05) is 13.2 Å². The van der Waals surface area contributed by atoms with Crippen LogP contribution in [0.15, 0.2) is 0 Å². The van der Waals surface area contributed by atoms with E-state index in [1.54, 1.807) is 41.5 Å². The van der Waals surface area contributed by atoms with Crippen LogP contribution in [0.1, 0.15) is 67.2 Å². The number of carboxylic acid groups (broad SMARTS) is 2. The van der Waals surface area contributed by atoms with E-state index in [-0.39, 0.29) is 13.2 Å². The van der Waals surface area contributed by atoms with Crippen molar-refractivity contribution in [1.82, 2.24) is 0 Å². The first kappa shape index (κ1) is 24.2. The van der Waals surface area contributed by atoms with E-state index in [0.717, 1.165) is 0 Å². The van der Waals surface area contributed by atoms with Gasteiger partial charge in [-0.05, 0) is 50.4 Å². The van der Waals surface area contributed by atoms with Crippen molar-refractivity contribution in [1.29, 1.82) is 0 Å². The molecule has 0 aromatic heterocycles. The van der Waals surface area contributed by atoms with Gasteiger partial charge in [-0.1, -0.05) is 27.7 Å². The van der Waals surface area contributed by atoms with E-state index in [4.69, 9.17) is 9.47 Å². The molecule has 2 aliphatic rings. The van der Waals surface area contributed by atoms with E-state index in [9.17, 15) is 29.4 Å². The number of hydrogen-bond acceptors (Lipinski definition) is 6. The Morgan fingerprint density at radius 2 is 1.00 bits per heavy atom. The van der Waals surface area contributed by atoms with Gasteiger partial charge in [0, 0.05) is 0 Å². The summed E-state index contributed by atoms with van der Waals surface area (Å²) in [6, 6.07) is 0. The summed E-state index contributed by atoms with van der Waals surface area (Å²) < 4.78 is 10.6. The van der Waals surface area contributed by atoms with Crippen LogP contribution in [0.25, 0.3) is 0 Å². The van der Waals surface area contributed by atoms with Crippen LogP contribution in [0.3, 0.4) is 0 Å². The minimum Gasteiger partial charge on any atom is -0.481 e. The van der Waals surface area contributed by atoms with Crippen molar-refractivity contribution in [3.63, 3.8) is 0 Å². The minimum absolute atomic E-state index is 0.121. The number of carbonyl (C=O) groups excluding carboxylic acids is 2. The van der Waals surface area contributed by atoms with Gasteiger partial charge < -0.3 is 19.7 Å². The van der Waals surface area contributed by atoms with Crippen LogP contribution in [0, 0.1) is 33.5 Å². The summed E-state index contributed by atoms with van der Waals surface area (Å²) in [5, 5.41) is 19.1. The molecule has 0 saturated heterocycles. The third-order valence-corrected chi connectivity index (χ3v) is 8.54. The maximum atomic E-state index is 12.5. The van der Waals surface area contributed by atoms with Crippen LogP contribution in [-0.2, 0) is 28.7 Å². The third-order valence-electron chi connectivity index (χ3n) is 8.54. The first-order valence-corrected chi connectivity index (χ1v) is 10.4. The summed E-state index contributed by atoms with van der Waals surface area (Å²) in [5.74, 6) is -3.91. The maximum Gasteiger partial charge on any atom is 0.309 e. The molecule has 170 valence electrons. The quantitative estimate of drug-likeness (QED) is 0.469. The molecule has 4 atom stereocenters. The van der Waals surface area contributed by atoms with Gasteiger partial charge in [0.05, 0.1) is 22.7 Å². The largest absolute Gasteiger partial charge is 0.481 e. The highest BCUT2D eigenvalue weighted by atomic mass is 16.6. The topological polar surface area (TPSA) is 127 Å². The fourth-order valence-corrected chi connectivity index (χ4v) is 5.08. The monoisotopic (exact) mass is 426 g/mol. The Morgan fingerprint density at radius 1 is 0.700 bits per heavy atom. The average molecular weight is 427 g/mol. The Kier molecular flexibility index (Phi) is 6.32. The Bertz CT molecular complexity index is 677. The molecule has 30 heavy (non-hydrogen) atoms. The number of carbonyl (C=O) groups is 4. The van der Waals surface area contributed by atoms with Gasteiger partial charge in [0.15, 0.2) is 0 Å².